The Bertz CT molecular complexity index is 3430. The zero-order valence-electron chi connectivity index (χ0n) is 43.1. The lowest BCUT2D eigenvalue weighted by molar-refractivity contribution is -0.287. The van der Waals surface area contributed by atoms with E-state index >= 15 is 0 Å². The number of benzene rings is 2. The second-order valence-electron chi connectivity index (χ2n) is 20.4. The van der Waals surface area contributed by atoms with Crippen molar-refractivity contribution in [2.24, 2.45) is 0 Å². The van der Waals surface area contributed by atoms with Crippen molar-refractivity contribution in [1.29, 1.82) is 0 Å². The lowest BCUT2D eigenvalue weighted by atomic mass is 9.80. The maximum atomic E-state index is 13.4. The van der Waals surface area contributed by atoms with Gasteiger partial charge in [-0.2, -0.15) is 0 Å². The molecule has 410 valence electrons. The number of alkyl halides is 4. The SMILES string of the molecule is CC1(C)OB(c2ccn(CCO)c(=O)c2)OC1(C)C.Cc1ccc(NC(=O)C2(c3ccc4c(c3)OC(F)(F)O4)CC2)nc1-c1ccn(CCO)c(=O)c1.Cc1ccc(NC(=O)C2(c3ccc4c(c3)OC(F)(F)O4)CC2)nc1Cl. The number of rotatable bonds is 12. The van der Waals surface area contributed by atoms with Gasteiger partial charge in [-0.25, -0.2) is 9.97 Å². The molecule has 7 heterocycles. The molecule has 2 amide bonds. The molecule has 0 unspecified atom stereocenters. The van der Waals surface area contributed by atoms with Crippen LogP contribution in [0.15, 0.2) is 107 Å². The summed E-state index contributed by atoms with van der Waals surface area (Å²) in [6, 6.07) is 22.1. The number of carbonyl (C=O) groups is 2. The highest BCUT2D eigenvalue weighted by atomic mass is 35.5. The number of aliphatic hydroxyl groups is 2. The van der Waals surface area contributed by atoms with Crippen LogP contribution in [0.4, 0.5) is 29.2 Å². The number of ether oxygens (including phenoxy) is 4. The fourth-order valence-electron chi connectivity index (χ4n) is 8.86. The van der Waals surface area contributed by atoms with Crippen molar-refractivity contribution in [1.82, 2.24) is 19.1 Å². The molecule has 11 rings (SSSR count). The summed E-state index contributed by atoms with van der Waals surface area (Å²) in [5, 5.41) is 23.8. The number of halogens is 5. The number of carbonyl (C=O) groups excluding carboxylic acids is 2. The van der Waals surface area contributed by atoms with Crippen LogP contribution in [0.1, 0.15) is 75.6 Å². The third-order valence-electron chi connectivity index (χ3n) is 14.4. The van der Waals surface area contributed by atoms with E-state index in [-0.39, 0.29) is 65.7 Å². The molecule has 3 fully saturated rings. The van der Waals surface area contributed by atoms with Gasteiger partial charge in [-0.15, -0.1) is 17.6 Å². The predicted molar refractivity (Wildman–Crippen MR) is 278 cm³/mol. The number of aromatic nitrogens is 4. The second kappa shape index (κ2) is 20.8. The van der Waals surface area contributed by atoms with Crippen LogP contribution in [-0.4, -0.2) is 85.3 Å². The number of anilines is 2. The summed E-state index contributed by atoms with van der Waals surface area (Å²) in [6.45, 7) is 11.8. The largest absolute Gasteiger partial charge is 0.586 e. The normalized spacial score (nSPS) is 18.4. The predicted octanol–water partition coefficient (Wildman–Crippen LogP) is 7.38. The highest BCUT2D eigenvalue weighted by Crippen LogP contribution is 2.54. The minimum absolute atomic E-state index is 0.0445. The van der Waals surface area contributed by atoms with Gasteiger partial charge in [-0.05, 0) is 143 Å². The summed E-state index contributed by atoms with van der Waals surface area (Å²) in [4.78, 5) is 58.7. The zero-order chi connectivity index (χ0) is 56.2. The van der Waals surface area contributed by atoms with Gasteiger partial charge < -0.3 is 58.2 Å². The van der Waals surface area contributed by atoms with E-state index in [0.29, 0.717) is 76.9 Å². The van der Waals surface area contributed by atoms with Crippen LogP contribution in [0.25, 0.3) is 11.3 Å². The summed E-state index contributed by atoms with van der Waals surface area (Å²) in [6.07, 6.45) is -1.85. The van der Waals surface area contributed by atoms with Gasteiger partial charge in [-0.3, -0.25) is 19.2 Å². The summed E-state index contributed by atoms with van der Waals surface area (Å²) < 4.78 is 85.4. The van der Waals surface area contributed by atoms with Crippen molar-refractivity contribution in [2.75, 3.05) is 23.8 Å². The van der Waals surface area contributed by atoms with Gasteiger partial charge in [0.2, 0.25) is 17.4 Å². The lowest BCUT2D eigenvalue weighted by Crippen LogP contribution is -2.41. The molecule has 2 aliphatic carbocycles. The van der Waals surface area contributed by atoms with E-state index in [2.05, 4.69) is 39.5 Å². The number of hydrogen-bond acceptors (Lipinski definition) is 14. The molecule has 0 atom stereocenters. The van der Waals surface area contributed by atoms with Crippen LogP contribution >= 0.6 is 11.6 Å². The second-order valence-corrected chi connectivity index (χ2v) is 20.7. The van der Waals surface area contributed by atoms with E-state index in [4.69, 9.17) is 31.1 Å². The minimum Gasteiger partial charge on any atom is -0.399 e. The summed E-state index contributed by atoms with van der Waals surface area (Å²) in [5.74, 6) is -0.203. The number of amides is 2. The molecule has 0 bridgehead atoms. The number of fused-ring (bicyclic) bond motifs is 2. The van der Waals surface area contributed by atoms with Crippen LogP contribution in [0.2, 0.25) is 5.15 Å². The molecule has 0 spiro atoms. The van der Waals surface area contributed by atoms with Crippen molar-refractivity contribution >= 4 is 47.6 Å². The minimum atomic E-state index is -3.72. The maximum Gasteiger partial charge on any atom is 0.586 e. The molecule has 4 aromatic heterocycles. The molecule has 1 saturated heterocycles. The Balaban J connectivity index is 0.000000149. The van der Waals surface area contributed by atoms with Gasteiger partial charge in [0.25, 0.3) is 5.56 Å². The molecule has 2 saturated carbocycles. The van der Waals surface area contributed by atoms with E-state index in [1.807, 2.05) is 41.5 Å². The summed E-state index contributed by atoms with van der Waals surface area (Å²) >= 11 is 5.97. The van der Waals surface area contributed by atoms with Crippen molar-refractivity contribution < 1.29 is 65.6 Å². The Morgan fingerprint density at radius 3 is 1.51 bits per heavy atom. The molecular weight excluding hydrogens is 1050 g/mol. The van der Waals surface area contributed by atoms with Crippen LogP contribution < -0.4 is 46.2 Å². The van der Waals surface area contributed by atoms with E-state index in [1.165, 1.54) is 45.5 Å². The first-order chi connectivity index (χ1) is 36.8. The van der Waals surface area contributed by atoms with Crippen molar-refractivity contribution in [3.05, 3.63) is 145 Å². The molecule has 78 heavy (non-hydrogen) atoms. The van der Waals surface area contributed by atoms with E-state index < -0.39 is 41.7 Å². The first-order valence-electron chi connectivity index (χ1n) is 24.8. The fourth-order valence-corrected chi connectivity index (χ4v) is 9.02. The molecule has 6 aromatic rings. The third-order valence-corrected chi connectivity index (χ3v) is 14.8. The summed E-state index contributed by atoms with van der Waals surface area (Å²) in [7, 11) is -0.526. The standard InChI is InChI=1S/C24H21F2N3O5.C17H13ClF2N2O3.C13H20BNO4/c1-14-2-5-19(27-21(14)15-6-9-29(10-11-30)20(31)12-15)28-22(32)23(7-8-23)16-3-4-17-18(13-16)34-24(25,26)33-17;1-9-2-5-13(21-14(9)18)22-15(23)16(6-7-16)10-3-4-11-12(8-10)25-17(19,20)24-11;1-12(2)13(3,4)19-14(18-12)10-5-6-15(7-8-16)11(17)9-10/h2-6,9,12-13,30H,7-8,10-11H2,1H3,(H,27,28,32);2-5,8H,6-7H2,1H3,(H,21,22,23);5-6,9,16H,7-8H2,1-4H3. The number of nitrogens with one attached hydrogen (secondary N) is 2. The lowest BCUT2D eigenvalue weighted by Gasteiger charge is -2.32. The monoisotopic (exact) mass is 1100 g/mol. The van der Waals surface area contributed by atoms with Crippen LogP contribution in [0.5, 0.6) is 23.0 Å². The summed E-state index contributed by atoms with van der Waals surface area (Å²) in [5.41, 5.74) is 1.69. The van der Waals surface area contributed by atoms with Crippen LogP contribution in [0, 0.1) is 13.8 Å². The van der Waals surface area contributed by atoms with Crippen LogP contribution in [0.3, 0.4) is 0 Å². The zero-order valence-corrected chi connectivity index (χ0v) is 43.9. The van der Waals surface area contributed by atoms with E-state index in [0.717, 1.165) is 11.1 Å². The Labute approximate surface area is 449 Å². The quantitative estimate of drug-likeness (QED) is 0.0534. The highest BCUT2D eigenvalue weighted by molar-refractivity contribution is 6.62. The molecule has 18 nitrogen and oxygen atoms in total. The molecule has 3 aliphatic heterocycles. The molecule has 5 aliphatic rings. The topological polar surface area (TPSA) is 224 Å². The highest BCUT2D eigenvalue weighted by Gasteiger charge is 2.55. The van der Waals surface area contributed by atoms with E-state index in [9.17, 15) is 36.7 Å². The molecular formula is C54H54BClF4N6O12. The number of pyridine rings is 4. The van der Waals surface area contributed by atoms with Gasteiger partial charge in [0.15, 0.2) is 23.0 Å². The molecule has 2 aromatic carbocycles. The van der Waals surface area contributed by atoms with Crippen molar-refractivity contribution in [2.45, 2.75) is 115 Å². The number of aryl methyl sites for hydroxylation is 2. The molecule has 0 radical (unpaired) electrons. The van der Waals surface area contributed by atoms with Crippen molar-refractivity contribution in [3.8, 4) is 34.3 Å². The van der Waals surface area contributed by atoms with E-state index in [1.54, 1.807) is 60.9 Å². The first kappa shape index (κ1) is 55.4. The average molecular weight is 1100 g/mol. The Kier molecular flexibility index (Phi) is 14.8. The Hall–Kier alpha value is -7.31. The number of nitrogens with zero attached hydrogens (tertiary/aromatic N) is 4. The van der Waals surface area contributed by atoms with Gasteiger partial charge >= 0.3 is 19.7 Å². The number of aliphatic hydroxyl groups excluding tert-OH is 2. The Morgan fingerprint density at radius 2 is 1.06 bits per heavy atom. The fraction of sp³-hybridized carbons (Fsp3) is 0.370. The van der Waals surface area contributed by atoms with Gasteiger partial charge in [-0.1, -0.05) is 35.9 Å². The van der Waals surface area contributed by atoms with Gasteiger partial charge in [0.05, 0.1) is 40.9 Å². The third kappa shape index (κ3) is 11.5. The smallest absolute Gasteiger partial charge is 0.399 e. The maximum absolute atomic E-state index is 13.4. The first-order valence-corrected chi connectivity index (χ1v) is 25.2. The molecule has 24 heteroatoms. The van der Waals surface area contributed by atoms with Crippen LogP contribution in [-0.2, 0) is 42.8 Å². The van der Waals surface area contributed by atoms with Gasteiger partial charge in [0, 0.05) is 43.2 Å². The van der Waals surface area contributed by atoms with Crippen molar-refractivity contribution in [3.63, 3.8) is 0 Å². The van der Waals surface area contributed by atoms with Gasteiger partial charge in [0.1, 0.15) is 16.8 Å². The average Bonchev–Trinajstić information content (AvgIpc) is 4.44. The Morgan fingerprint density at radius 1 is 0.615 bits per heavy atom. The molecule has 4 N–H and O–H groups in total. The number of hydrogen-bond donors (Lipinski definition) is 4.